The first-order valence-electron chi connectivity index (χ1n) is 7.74. The number of hydrogen-bond acceptors (Lipinski definition) is 5. The first-order valence-corrected chi connectivity index (χ1v) is 8.50. The number of rotatable bonds is 4. The van der Waals surface area contributed by atoms with Crippen LogP contribution in [0.5, 0.6) is 0 Å². The Labute approximate surface area is 160 Å². The fourth-order valence-corrected chi connectivity index (χ4v) is 2.70. The topological polar surface area (TPSA) is 90.7 Å². The number of carbonyl (C=O) groups is 1. The molecule has 2 aromatic rings. The molecule has 0 saturated carbocycles. The fraction of sp³-hybridized carbons (Fsp3) is 0.176. The second-order valence-corrected chi connectivity index (χ2v) is 6.38. The molecule has 1 saturated heterocycles. The third kappa shape index (κ3) is 4.50. The number of hydrogen-bond donors (Lipinski definition) is 2. The molecule has 1 aromatic carbocycles. The Morgan fingerprint density at radius 3 is 2.85 bits per heavy atom. The van der Waals surface area contributed by atoms with E-state index in [0.717, 1.165) is 17.6 Å². The van der Waals surface area contributed by atoms with E-state index in [9.17, 15) is 4.79 Å². The predicted molar refractivity (Wildman–Crippen MR) is 102 cm³/mol. The second kappa shape index (κ2) is 7.72. The minimum absolute atomic E-state index is 0.297. The first-order chi connectivity index (χ1) is 12.4. The van der Waals surface area contributed by atoms with Gasteiger partial charge in [-0.3, -0.25) is 10.4 Å². The number of nitrogens with zero attached hydrogens (tertiary/aromatic N) is 4. The van der Waals surface area contributed by atoms with Crippen LogP contribution in [-0.2, 0) is 4.79 Å². The molecule has 1 aromatic heterocycles. The highest BCUT2D eigenvalue weighted by Gasteiger charge is 2.18. The Kier molecular flexibility index (Phi) is 5.39. The number of amidine groups is 1. The average Bonchev–Trinajstić information content (AvgIpc) is 3.03. The van der Waals surface area contributed by atoms with Gasteiger partial charge in [0.05, 0.1) is 15.7 Å². The standard InChI is InChI=1S/C17H15Cl2N5O2/c1-10-8-16(21-14(20-10)4-5-17(25)26)22-15-6-7-24(23-15)11-2-3-12(18)13(19)9-11/h2-5,8-9H,6-7H2,1H3,(H,25,26)(H,20,21,22,23)/b5-4+. The Balaban J connectivity index is 1.78. The number of aliphatic imine (C=N–C) groups is 1. The van der Waals surface area contributed by atoms with E-state index in [1.807, 2.05) is 11.1 Å². The van der Waals surface area contributed by atoms with Crippen LogP contribution in [0.25, 0.3) is 6.08 Å². The van der Waals surface area contributed by atoms with E-state index in [-0.39, 0.29) is 0 Å². The van der Waals surface area contributed by atoms with Crippen molar-refractivity contribution in [1.82, 2.24) is 15.4 Å². The van der Waals surface area contributed by atoms with E-state index in [4.69, 9.17) is 28.3 Å². The second-order valence-electron chi connectivity index (χ2n) is 5.57. The largest absolute Gasteiger partial charge is 0.478 e. The number of aromatic nitrogens is 2. The van der Waals surface area contributed by atoms with Gasteiger partial charge < -0.3 is 5.11 Å². The number of nitrogens with one attached hydrogen (secondary N) is 1. The van der Waals surface area contributed by atoms with Crippen LogP contribution < -0.4 is 10.4 Å². The number of halogens is 2. The molecule has 1 aliphatic heterocycles. The number of aryl methyl sites for hydroxylation is 1. The monoisotopic (exact) mass is 391 g/mol. The van der Waals surface area contributed by atoms with Gasteiger partial charge >= 0.3 is 5.97 Å². The number of carboxylic acid groups (broad SMARTS) is 1. The molecular weight excluding hydrogens is 377 g/mol. The molecule has 9 heteroatoms. The lowest BCUT2D eigenvalue weighted by Gasteiger charge is -2.18. The molecule has 1 fully saturated rings. The van der Waals surface area contributed by atoms with Crippen LogP contribution in [0.4, 0.5) is 11.5 Å². The van der Waals surface area contributed by atoms with Gasteiger partial charge in [-0.05, 0) is 31.2 Å². The van der Waals surface area contributed by atoms with Gasteiger partial charge in [0.25, 0.3) is 0 Å². The molecular formula is C17H15Cl2N5O2. The van der Waals surface area contributed by atoms with Crippen molar-refractivity contribution < 1.29 is 9.90 Å². The third-order valence-corrected chi connectivity index (χ3v) is 4.27. The van der Waals surface area contributed by atoms with Gasteiger partial charge in [0.1, 0.15) is 5.84 Å². The zero-order valence-corrected chi connectivity index (χ0v) is 15.3. The van der Waals surface area contributed by atoms with Crippen LogP contribution in [0.2, 0.25) is 10.0 Å². The highest BCUT2D eigenvalue weighted by Crippen LogP contribution is 2.27. The van der Waals surface area contributed by atoms with E-state index in [0.29, 0.717) is 40.3 Å². The zero-order chi connectivity index (χ0) is 18.7. The molecule has 0 unspecified atom stereocenters. The Morgan fingerprint density at radius 1 is 1.31 bits per heavy atom. The molecule has 0 atom stereocenters. The Morgan fingerprint density at radius 2 is 2.12 bits per heavy atom. The summed E-state index contributed by atoms with van der Waals surface area (Å²) in [6.07, 6.45) is 3.03. The molecule has 2 heterocycles. The molecule has 7 nitrogen and oxygen atoms in total. The number of anilines is 1. The summed E-state index contributed by atoms with van der Waals surface area (Å²) in [4.78, 5) is 23.5. The molecule has 0 radical (unpaired) electrons. The molecule has 0 bridgehead atoms. The molecule has 3 rings (SSSR count). The number of aliphatic carboxylic acids is 1. The van der Waals surface area contributed by atoms with E-state index in [1.165, 1.54) is 6.08 Å². The molecule has 0 aliphatic carbocycles. The maximum absolute atomic E-state index is 10.6. The Hall–Kier alpha value is -2.64. The first kappa shape index (κ1) is 18.2. The number of hydrazine groups is 1. The fourth-order valence-electron chi connectivity index (χ4n) is 2.40. The minimum atomic E-state index is -1.06. The van der Waals surface area contributed by atoms with Crippen LogP contribution in [0.3, 0.4) is 0 Å². The normalized spacial score (nSPS) is 15.7. The van der Waals surface area contributed by atoms with Crippen LogP contribution in [0, 0.1) is 6.92 Å². The molecule has 0 spiro atoms. The third-order valence-electron chi connectivity index (χ3n) is 3.53. The summed E-state index contributed by atoms with van der Waals surface area (Å²) >= 11 is 12.0. The smallest absolute Gasteiger partial charge is 0.328 e. The van der Waals surface area contributed by atoms with Crippen molar-refractivity contribution in [2.45, 2.75) is 13.3 Å². The van der Waals surface area contributed by atoms with Crippen molar-refractivity contribution in [1.29, 1.82) is 0 Å². The van der Waals surface area contributed by atoms with Crippen molar-refractivity contribution in [3.05, 3.63) is 51.9 Å². The van der Waals surface area contributed by atoms with Gasteiger partial charge in [-0.1, -0.05) is 23.2 Å². The van der Waals surface area contributed by atoms with Gasteiger partial charge in [0.2, 0.25) is 0 Å². The minimum Gasteiger partial charge on any atom is -0.478 e. The summed E-state index contributed by atoms with van der Waals surface area (Å²) in [7, 11) is 0. The lowest BCUT2D eigenvalue weighted by atomic mass is 10.3. The molecule has 134 valence electrons. The van der Waals surface area contributed by atoms with Gasteiger partial charge in [0, 0.05) is 30.8 Å². The van der Waals surface area contributed by atoms with Crippen molar-refractivity contribution in [2.75, 3.05) is 11.6 Å². The van der Waals surface area contributed by atoms with Crippen molar-refractivity contribution >= 4 is 52.6 Å². The summed E-state index contributed by atoms with van der Waals surface area (Å²) in [6.45, 7) is 2.51. The van der Waals surface area contributed by atoms with E-state index < -0.39 is 5.97 Å². The van der Waals surface area contributed by atoms with Crippen molar-refractivity contribution in [2.24, 2.45) is 4.99 Å². The van der Waals surface area contributed by atoms with Gasteiger partial charge in [0.15, 0.2) is 11.6 Å². The van der Waals surface area contributed by atoms with Crippen LogP contribution >= 0.6 is 23.2 Å². The molecule has 0 amide bonds. The van der Waals surface area contributed by atoms with Crippen LogP contribution in [0.1, 0.15) is 17.9 Å². The van der Waals surface area contributed by atoms with E-state index in [2.05, 4.69) is 20.4 Å². The summed E-state index contributed by atoms with van der Waals surface area (Å²) in [5.41, 5.74) is 4.78. The van der Waals surface area contributed by atoms with E-state index in [1.54, 1.807) is 25.1 Å². The van der Waals surface area contributed by atoms with Crippen LogP contribution in [-0.4, -0.2) is 33.4 Å². The maximum Gasteiger partial charge on any atom is 0.328 e. The number of carboxylic acids is 1. The molecule has 26 heavy (non-hydrogen) atoms. The zero-order valence-electron chi connectivity index (χ0n) is 13.8. The lowest BCUT2D eigenvalue weighted by molar-refractivity contribution is -0.131. The van der Waals surface area contributed by atoms with E-state index >= 15 is 0 Å². The SMILES string of the molecule is Cc1cc(N=C2CCN(c3ccc(Cl)c(Cl)c3)N2)nc(/C=C/C(=O)O)n1. The summed E-state index contributed by atoms with van der Waals surface area (Å²) < 4.78 is 0. The predicted octanol–water partition coefficient (Wildman–Crippen LogP) is 3.63. The maximum atomic E-state index is 10.6. The number of benzene rings is 1. The quantitative estimate of drug-likeness (QED) is 0.773. The molecule has 2 N–H and O–H groups in total. The lowest BCUT2D eigenvalue weighted by Crippen LogP contribution is -2.33. The van der Waals surface area contributed by atoms with Gasteiger partial charge in [-0.15, -0.1) is 0 Å². The van der Waals surface area contributed by atoms with Crippen molar-refractivity contribution in [3.63, 3.8) is 0 Å². The summed E-state index contributed by atoms with van der Waals surface area (Å²) in [6, 6.07) is 7.12. The highest BCUT2D eigenvalue weighted by atomic mass is 35.5. The van der Waals surface area contributed by atoms with Crippen molar-refractivity contribution in [3.8, 4) is 0 Å². The summed E-state index contributed by atoms with van der Waals surface area (Å²) in [5, 5.41) is 11.6. The average molecular weight is 392 g/mol. The highest BCUT2D eigenvalue weighted by molar-refractivity contribution is 6.42. The van der Waals surface area contributed by atoms with Gasteiger partial charge in [-0.2, -0.15) is 0 Å². The van der Waals surface area contributed by atoms with Crippen LogP contribution in [0.15, 0.2) is 35.3 Å². The Bertz CT molecular complexity index is 914. The van der Waals surface area contributed by atoms with Gasteiger partial charge in [-0.25, -0.2) is 19.8 Å². The molecule has 1 aliphatic rings. The summed E-state index contributed by atoms with van der Waals surface area (Å²) in [5.74, 6) is 0.437.